The van der Waals surface area contributed by atoms with Gasteiger partial charge in [-0.2, -0.15) is 11.8 Å². The van der Waals surface area contributed by atoms with Crippen LogP contribution in [0.2, 0.25) is 5.02 Å². The summed E-state index contributed by atoms with van der Waals surface area (Å²) in [6.45, 7) is 0. The lowest BCUT2D eigenvalue weighted by atomic mass is 10.1. The molecule has 0 aliphatic carbocycles. The maximum Gasteiger partial charge on any atom is 0.165 e. The number of nitrogens with zero attached hydrogens (tertiary/aromatic N) is 2. The van der Waals surface area contributed by atoms with E-state index >= 15 is 0 Å². The molecular weight excluding hydrogens is 294 g/mol. The molecule has 0 atom stereocenters. The molecule has 0 fully saturated rings. The van der Waals surface area contributed by atoms with E-state index < -0.39 is 0 Å². The lowest BCUT2D eigenvalue weighted by Crippen LogP contribution is -2.04. The van der Waals surface area contributed by atoms with Gasteiger partial charge in [0.2, 0.25) is 0 Å². The largest absolute Gasteiger partial charge is 0.496 e. The summed E-state index contributed by atoms with van der Waals surface area (Å²) in [5.74, 6) is 4.14. The molecule has 2 aromatic rings. The number of aromatic nitrogens is 2. The fourth-order valence-electron chi connectivity index (χ4n) is 2.23. The number of anilines is 1. The van der Waals surface area contributed by atoms with Crippen molar-refractivity contribution in [3.05, 3.63) is 34.5 Å². The van der Waals surface area contributed by atoms with E-state index in [1.165, 1.54) is 5.56 Å². The van der Waals surface area contributed by atoms with Crippen LogP contribution in [-0.2, 0) is 11.5 Å². The van der Waals surface area contributed by atoms with E-state index in [0.717, 1.165) is 28.6 Å². The monoisotopic (exact) mass is 307 g/mol. The van der Waals surface area contributed by atoms with Crippen LogP contribution >= 0.6 is 23.4 Å². The van der Waals surface area contributed by atoms with Crippen molar-refractivity contribution in [1.82, 2.24) is 9.97 Å². The Morgan fingerprint density at radius 2 is 2.15 bits per heavy atom. The smallest absolute Gasteiger partial charge is 0.165 e. The van der Waals surface area contributed by atoms with Crippen molar-refractivity contribution in [2.24, 2.45) is 0 Å². The first-order valence-corrected chi connectivity index (χ1v) is 7.75. The number of rotatable bonds is 3. The summed E-state index contributed by atoms with van der Waals surface area (Å²) in [5.41, 5.74) is 3.16. The van der Waals surface area contributed by atoms with Gasteiger partial charge in [-0.15, -0.1) is 0 Å². The number of fused-ring (bicyclic) bond motifs is 1. The van der Waals surface area contributed by atoms with Crippen molar-refractivity contribution < 1.29 is 4.74 Å². The molecule has 3 rings (SSSR count). The molecule has 0 bridgehead atoms. The van der Waals surface area contributed by atoms with Gasteiger partial charge < -0.3 is 10.1 Å². The molecule has 4 nitrogen and oxygen atoms in total. The van der Waals surface area contributed by atoms with E-state index in [0.29, 0.717) is 16.6 Å². The van der Waals surface area contributed by atoms with Crippen LogP contribution < -0.4 is 10.1 Å². The molecule has 1 aliphatic rings. The second kappa shape index (κ2) is 5.50. The van der Waals surface area contributed by atoms with E-state index in [2.05, 4.69) is 15.3 Å². The Hall–Kier alpha value is -1.46. The zero-order valence-corrected chi connectivity index (χ0v) is 12.8. The fourth-order valence-corrected chi connectivity index (χ4v) is 3.43. The molecule has 20 heavy (non-hydrogen) atoms. The molecule has 0 radical (unpaired) electrons. The van der Waals surface area contributed by atoms with Gasteiger partial charge in [-0.3, -0.25) is 0 Å². The summed E-state index contributed by atoms with van der Waals surface area (Å²) in [6.07, 6.45) is 0. The summed E-state index contributed by atoms with van der Waals surface area (Å²) in [5, 5.41) is 3.79. The summed E-state index contributed by atoms with van der Waals surface area (Å²) in [6, 6.07) is 5.50. The first-order valence-electron chi connectivity index (χ1n) is 6.22. The zero-order chi connectivity index (χ0) is 14.1. The molecule has 0 spiro atoms. The van der Waals surface area contributed by atoms with Crippen molar-refractivity contribution >= 4 is 29.2 Å². The Bertz CT molecular complexity index is 663. The van der Waals surface area contributed by atoms with Crippen LogP contribution in [-0.4, -0.2) is 24.1 Å². The van der Waals surface area contributed by atoms with Crippen molar-refractivity contribution in [1.29, 1.82) is 0 Å². The van der Waals surface area contributed by atoms with Crippen molar-refractivity contribution in [2.75, 3.05) is 19.5 Å². The van der Waals surface area contributed by atoms with Crippen LogP contribution in [0.5, 0.6) is 5.75 Å². The SMILES string of the molecule is CNc1nc(-c2ccc(Cl)cc2OC)nc2c1CSC2. The molecule has 0 unspecified atom stereocenters. The van der Waals surface area contributed by atoms with Crippen LogP contribution in [0.25, 0.3) is 11.4 Å². The Balaban J connectivity index is 2.15. The molecule has 0 amide bonds. The minimum absolute atomic E-state index is 0.635. The lowest BCUT2D eigenvalue weighted by Gasteiger charge is -2.11. The van der Waals surface area contributed by atoms with Gasteiger partial charge in [0.15, 0.2) is 5.82 Å². The minimum atomic E-state index is 0.635. The van der Waals surface area contributed by atoms with Crippen molar-refractivity contribution in [2.45, 2.75) is 11.5 Å². The average Bonchev–Trinajstić information content (AvgIpc) is 2.94. The number of hydrogen-bond donors (Lipinski definition) is 1. The van der Waals surface area contributed by atoms with E-state index in [1.54, 1.807) is 13.2 Å². The summed E-state index contributed by atoms with van der Waals surface area (Å²) in [4.78, 5) is 9.29. The summed E-state index contributed by atoms with van der Waals surface area (Å²) >= 11 is 7.85. The number of benzene rings is 1. The average molecular weight is 308 g/mol. The van der Waals surface area contributed by atoms with E-state index in [4.69, 9.17) is 16.3 Å². The third-order valence-electron chi connectivity index (χ3n) is 3.22. The number of hydrogen-bond acceptors (Lipinski definition) is 5. The van der Waals surface area contributed by atoms with Crippen LogP contribution in [0, 0.1) is 0 Å². The molecule has 104 valence electrons. The topological polar surface area (TPSA) is 47.0 Å². The quantitative estimate of drug-likeness (QED) is 0.939. The molecule has 1 aliphatic heterocycles. The van der Waals surface area contributed by atoms with E-state index in [-0.39, 0.29) is 0 Å². The standard InChI is InChI=1S/C14H14ClN3OS/c1-16-13-10-6-20-7-11(10)17-14(18-13)9-4-3-8(15)5-12(9)19-2/h3-5H,6-7H2,1-2H3,(H,16,17,18). The Labute approximate surface area is 126 Å². The number of nitrogens with one attached hydrogen (secondary N) is 1. The minimum Gasteiger partial charge on any atom is -0.496 e. The zero-order valence-electron chi connectivity index (χ0n) is 11.2. The maximum atomic E-state index is 6.00. The highest BCUT2D eigenvalue weighted by Crippen LogP contribution is 2.36. The summed E-state index contributed by atoms with van der Waals surface area (Å²) in [7, 11) is 3.51. The molecule has 1 N–H and O–H groups in total. The second-order valence-corrected chi connectivity index (χ2v) is 5.83. The molecule has 1 aromatic heterocycles. The van der Waals surface area contributed by atoms with Gasteiger partial charge in [0.1, 0.15) is 11.6 Å². The highest BCUT2D eigenvalue weighted by molar-refractivity contribution is 7.98. The highest BCUT2D eigenvalue weighted by atomic mass is 35.5. The predicted octanol–water partition coefficient (Wildman–Crippen LogP) is 3.59. The van der Waals surface area contributed by atoms with Crippen LogP contribution in [0.15, 0.2) is 18.2 Å². The second-order valence-electron chi connectivity index (χ2n) is 4.41. The number of thioether (sulfide) groups is 1. The van der Waals surface area contributed by atoms with Gasteiger partial charge in [-0.1, -0.05) is 11.6 Å². The van der Waals surface area contributed by atoms with Crippen molar-refractivity contribution in [3.63, 3.8) is 0 Å². The van der Waals surface area contributed by atoms with Gasteiger partial charge in [-0.05, 0) is 18.2 Å². The third kappa shape index (κ3) is 2.31. The van der Waals surface area contributed by atoms with Gasteiger partial charge in [0.05, 0.1) is 18.4 Å². The molecule has 1 aromatic carbocycles. The van der Waals surface area contributed by atoms with Crippen molar-refractivity contribution in [3.8, 4) is 17.1 Å². The fraction of sp³-hybridized carbons (Fsp3) is 0.286. The van der Waals surface area contributed by atoms with Crippen LogP contribution in [0.3, 0.4) is 0 Å². The third-order valence-corrected chi connectivity index (χ3v) is 4.42. The number of ether oxygens (including phenoxy) is 1. The maximum absolute atomic E-state index is 6.00. The van der Waals surface area contributed by atoms with Crippen LogP contribution in [0.4, 0.5) is 5.82 Å². The van der Waals surface area contributed by atoms with Gasteiger partial charge in [0.25, 0.3) is 0 Å². The molecular formula is C14H14ClN3OS. The Morgan fingerprint density at radius 1 is 1.30 bits per heavy atom. The highest BCUT2D eigenvalue weighted by Gasteiger charge is 2.21. The van der Waals surface area contributed by atoms with E-state index in [9.17, 15) is 0 Å². The molecule has 6 heteroatoms. The first kappa shape index (κ1) is 13.5. The number of methoxy groups -OCH3 is 1. The molecule has 0 saturated heterocycles. The van der Waals surface area contributed by atoms with Gasteiger partial charge >= 0.3 is 0 Å². The predicted molar refractivity (Wildman–Crippen MR) is 83.6 cm³/mol. The van der Waals surface area contributed by atoms with E-state index in [1.807, 2.05) is 30.9 Å². The molecule has 0 saturated carbocycles. The Kier molecular flexibility index (Phi) is 3.72. The molecule has 2 heterocycles. The summed E-state index contributed by atoms with van der Waals surface area (Å²) < 4.78 is 5.38. The normalized spacial score (nSPS) is 13.2. The van der Waals surface area contributed by atoms with Gasteiger partial charge in [0, 0.05) is 29.1 Å². The van der Waals surface area contributed by atoms with Gasteiger partial charge in [-0.25, -0.2) is 9.97 Å². The first-order chi connectivity index (χ1) is 9.72. The van der Waals surface area contributed by atoms with Crippen LogP contribution in [0.1, 0.15) is 11.3 Å². The lowest BCUT2D eigenvalue weighted by molar-refractivity contribution is 0.416. The number of halogens is 1. The Morgan fingerprint density at radius 3 is 2.90 bits per heavy atom.